The Morgan fingerprint density at radius 2 is 1.28 bits per heavy atom. The van der Waals surface area contributed by atoms with Crippen LogP contribution in [0.4, 0.5) is 13.2 Å². The summed E-state index contributed by atoms with van der Waals surface area (Å²) < 4.78 is 50.4. The molecule has 0 radical (unpaired) electrons. The second-order valence-electron chi connectivity index (χ2n) is 7.20. The molecular weight excluding hydrogens is 396 g/mol. The van der Waals surface area contributed by atoms with Gasteiger partial charge in [0.25, 0.3) is 0 Å². The molecule has 0 spiro atoms. The molecule has 0 N–H and O–H groups in total. The largest absolute Gasteiger partial charge is 0.416 e. The Bertz CT molecular complexity index is 795. The molecule has 0 amide bonds. The molecule has 2 aliphatic carbocycles. The van der Waals surface area contributed by atoms with Crippen LogP contribution in [0.1, 0.15) is 19.4 Å². The molecule has 6 heteroatoms. The third-order valence-electron chi connectivity index (χ3n) is 5.59. The van der Waals surface area contributed by atoms with E-state index in [0.717, 1.165) is 16.5 Å². The molecule has 0 heterocycles. The number of hydrogen-bond acceptors (Lipinski definition) is 2. The monoisotopic (exact) mass is 422 g/mol. The van der Waals surface area contributed by atoms with Crippen LogP contribution in [-0.2, 0) is 15.7 Å². The first-order valence-electron chi connectivity index (χ1n) is 9.55. The van der Waals surface area contributed by atoms with Crippen molar-refractivity contribution in [1.29, 1.82) is 0 Å². The van der Waals surface area contributed by atoms with Crippen molar-refractivity contribution >= 4 is 13.2 Å². The molecule has 4 atom stereocenters. The highest BCUT2D eigenvalue weighted by Crippen LogP contribution is 2.55. The van der Waals surface area contributed by atoms with E-state index in [2.05, 4.69) is 24.3 Å². The molecule has 0 saturated carbocycles. The molecule has 0 aromatic heterocycles. The number of ether oxygens (including phenoxy) is 2. The first-order valence-corrected chi connectivity index (χ1v) is 11.0. The molecule has 0 saturated heterocycles. The van der Waals surface area contributed by atoms with Crippen LogP contribution in [0.5, 0.6) is 0 Å². The van der Waals surface area contributed by atoms with Crippen LogP contribution in [0.3, 0.4) is 0 Å². The van der Waals surface area contributed by atoms with Gasteiger partial charge in [0.15, 0.2) is 0 Å². The highest BCUT2D eigenvalue weighted by atomic mass is 31.1. The van der Waals surface area contributed by atoms with Gasteiger partial charge in [0, 0.05) is 25.5 Å². The van der Waals surface area contributed by atoms with Crippen molar-refractivity contribution in [3.05, 3.63) is 77.4 Å². The van der Waals surface area contributed by atoms with E-state index in [1.54, 1.807) is 26.4 Å². The number of alkyl halides is 3. The van der Waals surface area contributed by atoms with Gasteiger partial charge in [0.2, 0.25) is 0 Å². The average Bonchev–Trinajstić information content (AvgIpc) is 3.37. The number of halogens is 3. The molecule has 2 aliphatic rings. The fourth-order valence-electron chi connectivity index (χ4n) is 3.81. The number of methoxy groups -OCH3 is 2. The Labute approximate surface area is 171 Å². The van der Waals surface area contributed by atoms with Crippen molar-refractivity contribution in [3.63, 3.8) is 0 Å². The number of hydrogen-bond donors (Lipinski definition) is 0. The van der Waals surface area contributed by atoms with E-state index in [4.69, 9.17) is 9.47 Å². The van der Waals surface area contributed by atoms with Gasteiger partial charge in [-0.1, -0.05) is 56.5 Å². The highest BCUT2D eigenvalue weighted by molar-refractivity contribution is 7.68. The van der Waals surface area contributed by atoms with Crippen LogP contribution in [0, 0.1) is 0 Å². The molecule has 3 rings (SSSR count). The molecule has 2 unspecified atom stereocenters. The van der Waals surface area contributed by atoms with Crippen molar-refractivity contribution in [2.24, 2.45) is 0 Å². The summed E-state index contributed by atoms with van der Waals surface area (Å²) in [6.45, 7) is 4.01. The molecular formula is C23H26F3O2P. The molecule has 1 aromatic carbocycles. The first-order chi connectivity index (χ1) is 13.8. The van der Waals surface area contributed by atoms with E-state index in [0.29, 0.717) is 0 Å². The Balaban J connectivity index is 2.03. The summed E-state index contributed by atoms with van der Waals surface area (Å²) in [6.07, 6.45) is 8.02. The van der Waals surface area contributed by atoms with E-state index in [9.17, 15) is 13.2 Å². The lowest BCUT2D eigenvalue weighted by molar-refractivity contribution is -0.137. The summed E-state index contributed by atoms with van der Waals surface area (Å²) in [5, 5.41) is 0.935. The van der Waals surface area contributed by atoms with E-state index < -0.39 is 19.7 Å². The first kappa shape index (κ1) is 22.0. The van der Waals surface area contributed by atoms with Crippen molar-refractivity contribution in [2.75, 3.05) is 14.2 Å². The molecule has 2 nitrogen and oxygen atoms in total. The van der Waals surface area contributed by atoms with Crippen LogP contribution in [0.25, 0.3) is 0 Å². The Kier molecular flexibility index (Phi) is 6.83. The van der Waals surface area contributed by atoms with Crippen LogP contribution < -0.4 is 5.30 Å². The van der Waals surface area contributed by atoms with Crippen molar-refractivity contribution in [2.45, 2.75) is 43.5 Å². The predicted octanol–water partition coefficient (Wildman–Crippen LogP) is 5.61. The van der Waals surface area contributed by atoms with Gasteiger partial charge in [-0.05, 0) is 42.4 Å². The maximum atomic E-state index is 13.1. The van der Waals surface area contributed by atoms with Gasteiger partial charge >= 0.3 is 6.18 Å². The standard InChI is InChI=1S/C23H26F3O2P/c1-15(27-3)19-7-5-9-21(19)29(22-10-6-8-20(22)16(2)28-4)18-13-11-17(12-14-18)23(24,25)26/h5-16,21-22H,1-4H3/t15-,16-,21?,22?,29?/m0/s1. The summed E-state index contributed by atoms with van der Waals surface area (Å²) in [7, 11) is 2.45. The van der Waals surface area contributed by atoms with Gasteiger partial charge < -0.3 is 9.47 Å². The molecule has 0 fully saturated rings. The summed E-state index contributed by atoms with van der Waals surface area (Å²) in [4.78, 5) is 0. The normalized spacial score (nSPS) is 24.4. The number of benzene rings is 1. The van der Waals surface area contributed by atoms with Crippen LogP contribution in [0.2, 0.25) is 0 Å². The van der Waals surface area contributed by atoms with E-state index in [1.807, 2.05) is 26.0 Å². The second kappa shape index (κ2) is 8.99. The van der Waals surface area contributed by atoms with E-state index in [1.165, 1.54) is 12.1 Å². The van der Waals surface area contributed by atoms with E-state index in [-0.39, 0.29) is 23.5 Å². The van der Waals surface area contributed by atoms with Gasteiger partial charge in [-0.25, -0.2) is 0 Å². The fraction of sp³-hybridized carbons (Fsp3) is 0.391. The Morgan fingerprint density at radius 1 is 0.828 bits per heavy atom. The minimum Gasteiger partial charge on any atom is -0.377 e. The fourth-order valence-corrected chi connectivity index (χ4v) is 7.10. The van der Waals surface area contributed by atoms with Crippen molar-refractivity contribution in [1.82, 2.24) is 0 Å². The topological polar surface area (TPSA) is 18.5 Å². The van der Waals surface area contributed by atoms with Gasteiger partial charge in [0.05, 0.1) is 17.8 Å². The lowest BCUT2D eigenvalue weighted by Gasteiger charge is -2.35. The molecule has 1 aromatic rings. The molecule has 29 heavy (non-hydrogen) atoms. The quantitative estimate of drug-likeness (QED) is 0.532. The predicted molar refractivity (Wildman–Crippen MR) is 113 cm³/mol. The number of allylic oxidation sites excluding steroid dienone is 6. The maximum absolute atomic E-state index is 13.1. The lowest BCUT2D eigenvalue weighted by atomic mass is 10.1. The third kappa shape index (κ3) is 4.58. The minimum atomic E-state index is -4.34. The van der Waals surface area contributed by atoms with Gasteiger partial charge in [-0.3, -0.25) is 0 Å². The van der Waals surface area contributed by atoms with E-state index >= 15 is 0 Å². The SMILES string of the molecule is CO[C@@H](C)C1=CC=CC1P(c1ccc(C(F)(F)F)cc1)C1C=CC=C1[C@H](C)OC. The molecule has 0 aliphatic heterocycles. The van der Waals surface area contributed by atoms with Gasteiger partial charge in [-0.15, -0.1) is 0 Å². The zero-order valence-electron chi connectivity index (χ0n) is 17.0. The van der Waals surface area contributed by atoms with Crippen molar-refractivity contribution in [3.8, 4) is 0 Å². The zero-order chi connectivity index (χ0) is 21.2. The zero-order valence-corrected chi connectivity index (χ0v) is 17.9. The summed E-state index contributed by atoms with van der Waals surface area (Å²) in [5.74, 6) is 0. The van der Waals surface area contributed by atoms with Gasteiger partial charge in [0.1, 0.15) is 0 Å². The molecule has 156 valence electrons. The Morgan fingerprint density at radius 3 is 1.66 bits per heavy atom. The van der Waals surface area contributed by atoms with Gasteiger partial charge in [-0.2, -0.15) is 13.2 Å². The van der Waals surface area contributed by atoms with Crippen molar-refractivity contribution < 1.29 is 22.6 Å². The second-order valence-corrected chi connectivity index (χ2v) is 9.64. The summed E-state index contributed by atoms with van der Waals surface area (Å²) >= 11 is 0. The smallest absolute Gasteiger partial charge is 0.377 e. The Hall–Kier alpha value is -1.68. The lowest BCUT2D eigenvalue weighted by Crippen LogP contribution is -2.28. The van der Waals surface area contributed by atoms with Crippen LogP contribution in [0.15, 0.2) is 71.9 Å². The number of rotatable bonds is 7. The average molecular weight is 422 g/mol. The summed E-state index contributed by atoms with van der Waals surface area (Å²) in [6, 6.07) is 5.65. The summed E-state index contributed by atoms with van der Waals surface area (Å²) in [5.41, 5.74) is 1.88. The van der Waals surface area contributed by atoms with Crippen LogP contribution in [-0.4, -0.2) is 37.7 Å². The third-order valence-corrected chi connectivity index (χ3v) is 8.62. The highest BCUT2D eigenvalue weighted by Gasteiger charge is 2.38. The molecule has 0 bridgehead atoms. The maximum Gasteiger partial charge on any atom is 0.416 e. The minimum absolute atomic E-state index is 0.0629. The van der Waals surface area contributed by atoms with Crippen LogP contribution >= 0.6 is 7.92 Å².